The molecule has 0 bridgehead atoms. The van der Waals surface area contributed by atoms with Crippen molar-refractivity contribution >= 4 is 45.1 Å². The molecule has 0 radical (unpaired) electrons. The van der Waals surface area contributed by atoms with Gasteiger partial charge in [0.15, 0.2) is 4.34 Å². The van der Waals surface area contributed by atoms with Crippen molar-refractivity contribution in [2.24, 2.45) is 0 Å². The summed E-state index contributed by atoms with van der Waals surface area (Å²) in [5, 5.41) is 12.6. The quantitative estimate of drug-likeness (QED) is 0.293. The summed E-state index contributed by atoms with van der Waals surface area (Å²) in [6, 6.07) is 16.4. The van der Waals surface area contributed by atoms with E-state index < -0.39 is 0 Å². The number of nitrogens with one attached hydrogen (secondary N) is 1. The lowest BCUT2D eigenvalue weighted by atomic mass is 9.86. The number of aromatic nitrogens is 2. The maximum absolute atomic E-state index is 12.6. The molecule has 0 saturated heterocycles. The molecule has 1 amide bonds. The topological polar surface area (TPSA) is 68.0 Å². The largest absolute Gasteiger partial charge is 0.464 e. The number of carbonyl (C=O) groups is 1. The predicted octanol–water partition coefficient (Wildman–Crippen LogP) is 6.06. The SMILES string of the molecule is CC(C)(C)c1ccc2occ(CC(=O)Nc3nnc(SCc4ccccc4)s3)c2c1. The van der Waals surface area contributed by atoms with Crippen molar-refractivity contribution in [1.29, 1.82) is 0 Å². The molecule has 2 aromatic carbocycles. The zero-order chi connectivity index (χ0) is 21.1. The Morgan fingerprint density at radius 3 is 2.70 bits per heavy atom. The van der Waals surface area contributed by atoms with Gasteiger partial charge >= 0.3 is 0 Å². The molecular weight excluding hydrogens is 414 g/mol. The number of furan rings is 1. The molecule has 0 fully saturated rings. The van der Waals surface area contributed by atoms with Crippen LogP contribution in [0.2, 0.25) is 0 Å². The monoisotopic (exact) mass is 437 g/mol. The van der Waals surface area contributed by atoms with E-state index in [2.05, 4.69) is 60.6 Å². The first-order valence-electron chi connectivity index (χ1n) is 9.69. The summed E-state index contributed by atoms with van der Waals surface area (Å²) in [4.78, 5) is 12.6. The molecule has 1 N–H and O–H groups in total. The number of benzene rings is 2. The van der Waals surface area contributed by atoms with Crippen LogP contribution < -0.4 is 5.32 Å². The number of amides is 1. The number of nitrogens with zero attached hydrogens (tertiary/aromatic N) is 2. The third-order valence-electron chi connectivity index (χ3n) is 4.73. The number of hydrogen-bond acceptors (Lipinski definition) is 6. The molecule has 154 valence electrons. The van der Waals surface area contributed by atoms with E-state index in [4.69, 9.17) is 4.42 Å². The number of hydrogen-bond donors (Lipinski definition) is 1. The maximum Gasteiger partial charge on any atom is 0.230 e. The number of carbonyl (C=O) groups excluding carboxylic acids is 1. The molecule has 0 aliphatic rings. The molecule has 0 spiro atoms. The van der Waals surface area contributed by atoms with Crippen LogP contribution in [0.3, 0.4) is 0 Å². The Hall–Kier alpha value is -2.64. The van der Waals surface area contributed by atoms with E-state index in [1.807, 2.05) is 24.3 Å². The molecule has 0 saturated carbocycles. The van der Waals surface area contributed by atoms with Crippen LogP contribution in [0.25, 0.3) is 11.0 Å². The molecule has 0 aliphatic carbocycles. The van der Waals surface area contributed by atoms with Crippen LogP contribution >= 0.6 is 23.1 Å². The Kier molecular flexibility index (Phi) is 5.92. The van der Waals surface area contributed by atoms with Gasteiger partial charge in [0, 0.05) is 16.7 Å². The summed E-state index contributed by atoms with van der Waals surface area (Å²) >= 11 is 3.00. The molecule has 2 aromatic heterocycles. The smallest absolute Gasteiger partial charge is 0.230 e. The third-order valence-corrected chi connectivity index (χ3v) is 6.77. The van der Waals surface area contributed by atoms with E-state index in [9.17, 15) is 4.79 Å². The standard InChI is InChI=1S/C23H23N3O2S2/c1-23(2,3)17-9-10-19-18(12-17)16(13-28-19)11-20(27)24-21-25-26-22(30-21)29-14-15-7-5-4-6-8-15/h4-10,12-13H,11,14H2,1-3H3,(H,24,25,27). The van der Waals surface area contributed by atoms with Crippen molar-refractivity contribution in [3.05, 3.63) is 71.5 Å². The molecule has 0 aliphatic heterocycles. The Balaban J connectivity index is 1.40. The molecule has 0 unspecified atom stereocenters. The molecule has 0 atom stereocenters. The Morgan fingerprint density at radius 1 is 1.13 bits per heavy atom. The number of fused-ring (bicyclic) bond motifs is 1. The Morgan fingerprint density at radius 2 is 1.93 bits per heavy atom. The number of thioether (sulfide) groups is 1. The van der Waals surface area contributed by atoms with E-state index in [0.29, 0.717) is 5.13 Å². The molecule has 5 nitrogen and oxygen atoms in total. The van der Waals surface area contributed by atoms with Crippen molar-refractivity contribution in [2.75, 3.05) is 5.32 Å². The minimum atomic E-state index is -0.130. The van der Waals surface area contributed by atoms with Gasteiger partial charge in [-0.25, -0.2) is 0 Å². The highest BCUT2D eigenvalue weighted by Gasteiger charge is 2.17. The lowest BCUT2D eigenvalue weighted by Crippen LogP contribution is -2.14. The van der Waals surface area contributed by atoms with Crippen molar-refractivity contribution in [3.63, 3.8) is 0 Å². The van der Waals surface area contributed by atoms with E-state index in [0.717, 1.165) is 26.6 Å². The van der Waals surface area contributed by atoms with Gasteiger partial charge in [-0.1, -0.05) is 80.3 Å². The zero-order valence-corrected chi connectivity index (χ0v) is 18.8. The first-order valence-corrected chi connectivity index (χ1v) is 11.5. The first-order chi connectivity index (χ1) is 14.4. The van der Waals surface area contributed by atoms with Gasteiger partial charge in [-0.15, -0.1) is 10.2 Å². The van der Waals surface area contributed by atoms with Crippen molar-refractivity contribution in [3.8, 4) is 0 Å². The predicted molar refractivity (Wildman–Crippen MR) is 123 cm³/mol. The lowest BCUT2D eigenvalue weighted by molar-refractivity contribution is -0.115. The third kappa shape index (κ3) is 4.91. The summed E-state index contributed by atoms with van der Waals surface area (Å²) in [7, 11) is 0. The van der Waals surface area contributed by atoms with Crippen LogP contribution in [0, 0.1) is 0 Å². The van der Waals surface area contributed by atoms with Crippen LogP contribution in [0.1, 0.15) is 37.5 Å². The summed E-state index contributed by atoms with van der Waals surface area (Å²) in [6.07, 6.45) is 1.89. The average molecular weight is 438 g/mol. The van der Waals surface area contributed by atoms with Crippen molar-refractivity contribution in [2.45, 2.75) is 42.7 Å². The number of rotatable bonds is 6. The minimum Gasteiger partial charge on any atom is -0.464 e. The summed E-state index contributed by atoms with van der Waals surface area (Å²) in [5.74, 6) is 0.690. The molecule has 4 aromatic rings. The highest BCUT2D eigenvalue weighted by atomic mass is 32.2. The Labute approximate surface area is 183 Å². The van der Waals surface area contributed by atoms with E-state index >= 15 is 0 Å². The van der Waals surface area contributed by atoms with E-state index in [1.165, 1.54) is 22.5 Å². The summed E-state index contributed by atoms with van der Waals surface area (Å²) in [5.41, 5.74) is 4.14. The lowest BCUT2D eigenvalue weighted by Gasteiger charge is -2.18. The van der Waals surface area contributed by atoms with Crippen LogP contribution in [0.4, 0.5) is 5.13 Å². The second-order valence-electron chi connectivity index (χ2n) is 8.09. The summed E-state index contributed by atoms with van der Waals surface area (Å²) in [6.45, 7) is 6.51. The Bertz CT molecular complexity index is 1160. The molecule has 7 heteroatoms. The van der Waals surface area contributed by atoms with E-state index in [1.54, 1.807) is 18.0 Å². The fourth-order valence-corrected chi connectivity index (χ4v) is 4.78. The highest BCUT2D eigenvalue weighted by Crippen LogP contribution is 2.30. The van der Waals surface area contributed by atoms with Gasteiger partial charge in [0.05, 0.1) is 12.7 Å². The van der Waals surface area contributed by atoms with Gasteiger partial charge in [-0.2, -0.15) is 0 Å². The highest BCUT2D eigenvalue weighted by molar-refractivity contribution is 8.00. The van der Waals surface area contributed by atoms with Crippen LogP contribution in [-0.2, 0) is 22.4 Å². The fourth-order valence-electron chi connectivity index (χ4n) is 3.06. The molecule has 2 heterocycles. The van der Waals surface area contributed by atoms with Crippen molar-refractivity contribution < 1.29 is 9.21 Å². The van der Waals surface area contributed by atoms with Crippen LogP contribution in [0.15, 0.2) is 63.6 Å². The van der Waals surface area contributed by atoms with Gasteiger partial charge in [-0.05, 0) is 28.7 Å². The summed E-state index contributed by atoms with van der Waals surface area (Å²) < 4.78 is 6.47. The van der Waals surface area contributed by atoms with Gasteiger partial charge in [-0.3, -0.25) is 4.79 Å². The second-order valence-corrected chi connectivity index (χ2v) is 10.3. The molecule has 4 rings (SSSR count). The fraction of sp³-hybridized carbons (Fsp3) is 0.261. The first kappa shape index (κ1) is 20.6. The normalized spacial score (nSPS) is 11.7. The second kappa shape index (κ2) is 8.62. The van der Waals surface area contributed by atoms with E-state index in [-0.39, 0.29) is 17.7 Å². The minimum absolute atomic E-state index is 0.0331. The van der Waals surface area contributed by atoms with Gasteiger partial charge in [0.25, 0.3) is 0 Å². The maximum atomic E-state index is 12.6. The van der Waals surface area contributed by atoms with Gasteiger partial charge in [0.2, 0.25) is 11.0 Å². The average Bonchev–Trinajstić information content (AvgIpc) is 3.33. The molecular formula is C23H23N3O2S2. The van der Waals surface area contributed by atoms with Gasteiger partial charge in [0.1, 0.15) is 5.58 Å². The zero-order valence-electron chi connectivity index (χ0n) is 17.1. The van der Waals surface area contributed by atoms with Gasteiger partial charge < -0.3 is 9.73 Å². The van der Waals surface area contributed by atoms with Crippen LogP contribution in [0.5, 0.6) is 0 Å². The number of anilines is 1. The van der Waals surface area contributed by atoms with Crippen LogP contribution in [-0.4, -0.2) is 16.1 Å². The molecule has 30 heavy (non-hydrogen) atoms. The van der Waals surface area contributed by atoms with Crippen molar-refractivity contribution in [1.82, 2.24) is 10.2 Å².